The molecule has 118 valence electrons. The molecule has 0 aliphatic heterocycles. The molecule has 0 radical (unpaired) electrons. The van der Waals surface area contributed by atoms with Crippen LogP contribution in [0.15, 0.2) is 0 Å². The Kier molecular flexibility index (Phi) is 5.95. The highest BCUT2D eigenvalue weighted by atomic mass is 16.6. The molecule has 1 fully saturated rings. The molecule has 4 nitrogen and oxygen atoms in total. The fraction of sp³-hybridized carbons (Fsp3) is 0.824. The average molecular weight is 293 g/mol. The molecule has 1 aliphatic carbocycles. The van der Waals surface area contributed by atoms with E-state index in [-0.39, 0.29) is 23.6 Å². The molecular formula is C17H27NO3. The number of nitrogens with zero attached hydrogens (tertiary/aromatic N) is 1. The van der Waals surface area contributed by atoms with Gasteiger partial charge in [0.1, 0.15) is 11.4 Å². The van der Waals surface area contributed by atoms with Gasteiger partial charge in [0.15, 0.2) is 0 Å². The van der Waals surface area contributed by atoms with Crippen molar-refractivity contribution in [3.63, 3.8) is 0 Å². The minimum Gasteiger partial charge on any atom is -0.459 e. The number of ketones is 1. The summed E-state index contributed by atoms with van der Waals surface area (Å²) in [6.07, 6.45) is 2.69. The minimum atomic E-state index is -0.632. The summed E-state index contributed by atoms with van der Waals surface area (Å²) >= 11 is 0. The molecule has 0 aromatic rings. The molecule has 0 aromatic carbocycles. The Morgan fingerprint density at radius 1 is 1.38 bits per heavy atom. The Bertz CT molecular complexity index is 438. The number of ether oxygens (including phenoxy) is 1. The fourth-order valence-electron chi connectivity index (χ4n) is 3.73. The van der Waals surface area contributed by atoms with Gasteiger partial charge in [0.25, 0.3) is 0 Å². The zero-order chi connectivity index (χ0) is 16.2. The summed E-state index contributed by atoms with van der Waals surface area (Å²) in [4.78, 5) is 22.8. The lowest BCUT2D eigenvalue weighted by atomic mass is 9.61. The lowest BCUT2D eigenvalue weighted by Gasteiger charge is -2.47. The van der Waals surface area contributed by atoms with Crippen LogP contribution in [0.5, 0.6) is 0 Å². The van der Waals surface area contributed by atoms with Crippen molar-refractivity contribution in [2.75, 3.05) is 0 Å². The van der Waals surface area contributed by atoms with Crippen molar-refractivity contribution in [1.82, 2.24) is 0 Å². The van der Waals surface area contributed by atoms with E-state index in [1.165, 1.54) is 6.92 Å². The van der Waals surface area contributed by atoms with Crippen molar-refractivity contribution >= 4 is 11.8 Å². The second-order valence-corrected chi connectivity index (χ2v) is 6.85. The van der Waals surface area contributed by atoms with Crippen molar-refractivity contribution in [1.29, 1.82) is 5.26 Å². The van der Waals surface area contributed by atoms with Crippen molar-refractivity contribution in [3.05, 3.63) is 0 Å². The van der Waals surface area contributed by atoms with Crippen LogP contribution in [0, 0.1) is 35.0 Å². The Balaban J connectivity index is 3.06. The van der Waals surface area contributed by atoms with E-state index in [1.54, 1.807) is 6.92 Å². The van der Waals surface area contributed by atoms with Crippen LogP contribution in [0.25, 0.3) is 0 Å². The Hall–Kier alpha value is -1.37. The van der Waals surface area contributed by atoms with E-state index in [0.717, 1.165) is 12.8 Å². The quantitative estimate of drug-likeness (QED) is 0.728. The first-order chi connectivity index (χ1) is 9.71. The number of Topliss-reactive ketones (excluding diaryl/α,β-unsaturated/α-hetero) is 1. The van der Waals surface area contributed by atoms with E-state index >= 15 is 0 Å². The number of hydrogen-bond donors (Lipinski definition) is 0. The fourth-order valence-corrected chi connectivity index (χ4v) is 3.73. The third-order valence-corrected chi connectivity index (χ3v) is 4.84. The van der Waals surface area contributed by atoms with Crippen LogP contribution in [0.4, 0.5) is 0 Å². The standard InChI is InChI=1S/C17H27NO3/c1-11(2)14-8-9-17(5,21-13(4)20)16(15(14)10-18)7-6-12(3)19/h11,14-16H,6-9H2,1-5H3/t14-,15-,16+,17-/m1/s1. The average Bonchev–Trinajstić information content (AvgIpc) is 2.34. The predicted molar refractivity (Wildman–Crippen MR) is 80.2 cm³/mol. The van der Waals surface area contributed by atoms with E-state index in [9.17, 15) is 14.9 Å². The van der Waals surface area contributed by atoms with E-state index in [0.29, 0.717) is 24.7 Å². The predicted octanol–water partition coefficient (Wildman–Crippen LogP) is 3.50. The van der Waals surface area contributed by atoms with Gasteiger partial charge in [-0.25, -0.2) is 0 Å². The molecule has 0 spiro atoms. The summed E-state index contributed by atoms with van der Waals surface area (Å²) in [6.45, 7) is 9.15. The summed E-state index contributed by atoms with van der Waals surface area (Å²) in [5.41, 5.74) is -0.632. The van der Waals surface area contributed by atoms with Gasteiger partial charge < -0.3 is 9.53 Å². The van der Waals surface area contributed by atoms with Gasteiger partial charge in [0, 0.05) is 19.3 Å². The highest BCUT2D eigenvalue weighted by Gasteiger charge is 2.49. The maximum atomic E-state index is 11.4. The molecule has 0 saturated heterocycles. The molecule has 0 unspecified atom stereocenters. The summed E-state index contributed by atoms with van der Waals surface area (Å²) in [5, 5.41) is 9.64. The maximum absolute atomic E-state index is 11.4. The van der Waals surface area contributed by atoms with Crippen LogP contribution in [-0.2, 0) is 14.3 Å². The lowest BCUT2D eigenvalue weighted by molar-refractivity contribution is -0.171. The van der Waals surface area contributed by atoms with Crippen molar-refractivity contribution in [2.24, 2.45) is 23.7 Å². The van der Waals surface area contributed by atoms with Crippen molar-refractivity contribution < 1.29 is 14.3 Å². The molecule has 0 aromatic heterocycles. The smallest absolute Gasteiger partial charge is 0.303 e. The van der Waals surface area contributed by atoms with Gasteiger partial charge >= 0.3 is 5.97 Å². The molecule has 0 bridgehead atoms. The Labute approximate surface area is 127 Å². The summed E-state index contributed by atoms with van der Waals surface area (Å²) < 4.78 is 5.58. The summed E-state index contributed by atoms with van der Waals surface area (Å²) in [6, 6.07) is 2.43. The van der Waals surface area contributed by atoms with E-state index in [4.69, 9.17) is 4.74 Å². The zero-order valence-corrected chi connectivity index (χ0v) is 13.8. The molecule has 4 heteroatoms. The Morgan fingerprint density at radius 3 is 2.43 bits per heavy atom. The van der Waals surface area contributed by atoms with Gasteiger partial charge in [-0.15, -0.1) is 0 Å². The number of esters is 1. The second kappa shape index (κ2) is 7.06. The number of hydrogen-bond acceptors (Lipinski definition) is 4. The first kappa shape index (κ1) is 17.7. The molecule has 0 N–H and O–H groups in total. The van der Waals surface area contributed by atoms with Crippen LogP contribution < -0.4 is 0 Å². The third kappa shape index (κ3) is 4.30. The minimum absolute atomic E-state index is 0.0727. The van der Waals surface area contributed by atoms with Crippen LogP contribution in [0.3, 0.4) is 0 Å². The lowest BCUT2D eigenvalue weighted by Crippen LogP contribution is -2.49. The first-order valence-corrected chi connectivity index (χ1v) is 7.80. The topological polar surface area (TPSA) is 67.2 Å². The SMILES string of the molecule is CC(=O)CC[C@H]1[C@H](C#N)[C@@H](C(C)C)CC[C@@]1(C)OC(C)=O. The van der Waals surface area contributed by atoms with E-state index in [2.05, 4.69) is 19.9 Å². The van der Waals surface area contributed by atoms with Gasteiger partial charge in [-0.1, -0.05) is 13.8 Å². The first-order valence-electron chi connectivity index (χ1n) is 7.80. The van der Waals surface area contributed by atoms with Crippen LogP contribution in [0.1, 0.15) is 60.3 Å². The van der Waals surface area contributed by atoms with Gasteiger partial charge in [-0.05, 0) is 44.9 Å². The van der Waals surface area contributed by atoms with Crippen molar-refractivity contribution in [3.8, 4) is 6.07 Å². The Morgan fingerprint density at radius 2 is 2.00 bits per heavy atom. The molecule has 4 atom stereocenters. The monoisotopic (exact) mass is 293 g/mol. The molecular weight excluding hydrogens is 266 g/mol. The van der Waals surface area contributed by atoms with Crippen molar-refractivity contribution in [2.45, 2.75) is 65.9 Å². The van der Waals surface area contributed by atoms with Gasteiger partial charge in [-0.3, -0.25) is 4.79 Å². The van der Waals surface area contributed by atoms with Gasteiger partial charge in [0.05, 0.1) is 12.0 Å². The van der Waals surface area contributed by atoms with Crippen LogP contribution >= 0.6 is 0 Å². The normalized spacial score (nSPS) is 32.5. The molecule has 1 rings (SSSR count). The molecule has 0 amide bonds. The molecule has 1 aliphatic rings. The zero-order valence-electron chi connectivity index (χ0n) is 13.8. The third-order valence-electron chi connectivity index (χ3n) is 4.84. The van der Waals surface area contributed by atoms with Gasteiger partial charge in [-0.2, -0.15) is 5.26 Å². The number of carbonyl (C=O) groups is 2. The molecule has 0 heterocycles. The van der Waals surface area contributed by atoms with E-state index < -0.39 is 5.60 Å². The van der Waals surface area contributed by atoms with E-state index in [1.807, 2.05) is 6.92 Å². The number of nitriles is 1. The van der Waals surface area contributed by atoms with Gasteiger partial charge in [0.2, 0.25) is 0 Å². The highest BCUT2D eigenvalue weighted by Crippen LogP contribution is 2.47. The maximum Gasteiger partial charge on any atom is 0.303 e. The highest BCUT2D eigenvalue weighted by molar-refractivity contribution is 5.75. The second-order valence-electron chi connectivity index (χ2n) is 6.85. The van der Waals surface area contributed by atoms with Crippen LogP contribution in [-0.4, -0.2) is 17.4 Å². The largest absolute Gasteiger partial charge is 0.459 e. The summed E-state index contributed by atoms with van der Waals surface area (Å²) in [5.74, 6) is 0.277. The molecule has 1 saturated carbocycles. The van der Waals surface area contributed by atoms with Crippen LogP contribution in [0.2, 0.25) is 0 Å². The number of rotatable bonds is 5. The number of carbonyl (C=O) groups excluding carboxylic acids is 2. The molecule has 21 heavy (non-hydrogen) atoms. The summed E-state index contributed by atoms with van der Waals surface area (Å²) in [7, 11) is 0.